The van der Waals surface area contributed by atoms with Gasteiger partial charge in [-0.05, 0) is 49.6 Å². The highest BCUT2D eigenvalue weighted by molar-refractivity contribution is 5.76. The Bertz CT molecular complexity index is 1220. The van der Waals surface area contributed by atoms with Crippen LogP contribution in [0.3, 0.4) is 0 Å². The van der Waals surface area contributed by atoms with Gasteiger partial charge in [0.25, 0.3) is 0 Å². The molecule has 0 saturated carbocycles. The van der Waals surface area contributed by atoms with Crippen molar-refractivity contribution in [2.24, 2.45) is 0 Å². The highest BCUT2D eigenvalue weighted by Gasteiger charge is 2.22. The summed E-state index contributed by atoms with van der Waals surface area (Å²) in [4.78, 5) is 4.30. The summed E-state index contributed by atoms with van der Waals surface area (Å²) in [6.45, 7) is 12.4. The van der Waals surface area contributed by atoms with Crippen LogP contribution in [0.1, 0.15) is 63.3 Å². The molecule has 0 bridgehead atoms. The van der Waals surface area contributed by atoms with Crippen LogP contribution in [0.2, 0.25) is 0 Å². The fourth-order valence-electron chi connectivity index (χ4n) is 4.20. The first-order valence-electron chi connectivity index (χ1n) is 10.7. The van der Waals surface area contributed by atoms with Crippen LogP contribution in [-0.4, -0.2) is 30.8 Å². The third-order valence-corrected chi connectivity index (χ3v) is 5.55. The van der Waals surface area contributed by atoms with Gasteiger partial charge in [0.15, 0.2) is 5.65 Å². The van der Waals surface area contributed by atoms with E-state index in [1.54, 1.807) is 16.9 Å². The number of pyridine rings is 1. The number of H-pyrrole nitrogens is 1. The van der Waals surface area contributed by atoms with E-state index in [1.807, 2.05) is 32.2 Å². The molecule has 1 atom stereocenters. The van der Waals surface area contributed by atoms with Crippen LogP contribution in [0.15, 0.2) is 36.8 Å². The Morgan fingerprint density at radius 1 is 1.06 bits per heavy atom. The van der Waals surface area contributed by atoms with Gasteiger partial charge in [-0.15, -0.1) is 0 Å². The maximum absolute atomic E-state index is 14.6. The molecule has 0 aliphatic rings. The fraction of sp³-hybridized carbons (Fsp3) is 0.375. The number of benzene rings is 1. The van der Waals surface area contributed by atoms with Crippen molar-refractivity contribution in [3.05, 3.63) is 59.3 Å². The number of rotatable bonds is 6. The first kappa shape index (κ1) is 21.2. The third-order valence-electron chi connectivity index (χ3n) is 5.55. The maximum atomic E-state index is 14.6. The average Bonchev–Trinajstić information content (AvgIpc) is 3.35. The molecular formula is C24H29FN6. The topological polar surface area (TPSA) is 70.9 Å². The summed E-state index contributed by atoms with van der Waals surface area (Å²) in [5.41, 5.74) is 7.31. The van der Waals surface area contributed by atoms with E-state index in [0.29, 0.717) is 5.56 Å². The predicted octanol–water partition coefficient (Wildman–Crippen LogP) is 5.42. The second kappa shape index (κ2) is 8.23. The van der Waals surface area contributed by atoms with E-state index in [4.69, 9.17) is 0 Å². The number of aryl methyl sites for hydroxylation is 1. The molecule has 0 aliphatic carbocycles. The predicted molar refractivity (Wildman–Crippen MR) is 121 cm³/mol. The number of nitrogens with zero attached hydrogens (tertiary/aromatic N) is 4. The highest BCUT2D eigenvalue weighted by Crippen LogP contribution is 2.37. The summed E-state index contributed by atoms with van der Waals surface area (Å²) >= 11 is 0. The van der Waals surface area contributed by atoms with Crippen molar-refractivity contribution < 1.29 is 4.39 Å². The molecular weight excluding hydrogens is 391 g/mol. The van der Waals surface area contributed by atoms with E-state index in [2.05, 4.69) is 59.4 Å². The van der Waals surface area contributed by atoms with Crippen molar-refractivity contribution in [3.8, 4) is 22.5 Å². The minimum absolute atomic E-state index is 0.0952. The molecule has 31 heavy (non-hydrogen) atoms. The van der Waals surface area contributed by atoms with Crippen LogP contribution >= 0.6 is 0 Å². The van der Waals surface area contributed by atoms with E-state index in [9.17, 15) is 4.39 Å². The Labute approximate surface area is 181 Å². The summed E-state index contributed by atoms with van der Waals surface area (Å²) in [5, 5.41) is 15.6. The normalized spacial score (nSPS) is 12.9. The van der Waals surface area contributed by atoms with E-state index in [-0.39, 0.29) is 23.8 Å². The van der Waals surface area contributed by atoms with Gasteiger partial charge in [0, 0.05) is 40.5 Å². The second-order valence-corrected chi connectivity index (χ2v) is 8.73. The van der Waals surface area contributed by atoms with Crippen LogP contribution in [0.25, 0.3) is 28.2 Å². The molecule has 3 heterocycles. The molecule has 0 radical (unpaired) electrons. The summed E-state index contributed by atoms with van der Waals surface area (Å²) in [5.74, 6) is 0.0118. The smallest absolute Gasteiger partial charge is 0.158 e. The first-order valence-corrected chi connectivity index (χ1v) is 10.7. The molecule has 0 aliphatic heterocycles. The van der Waals surface area contributed by atoms with Gasteiger partial charge in [-0.3, -0.25) is 5.10 Å². The summed E-state index contributed by atoms with van der Waals surface area (Å²) in [7, 11) is 0. The lowest BCUT2D eigenvalue weighted by Gasteiger charge is -2.19. The van der Waals surface area contributed by atoms with Crippen molar-refractivity contribution in [1.82, 2.24) is 30.1 Å². The van der Waals surface area contributed by atoms with Gasteiger partial charge in [-0.1, -0.05) is 27.7 Å². The summed E-state index contributed by atoms with van der Waals surface area (Å²) in [6.07, 6.45) is 3.50. The van der Waals surface area contributed by atoms with E-state index in [1.165, 1.54) is 0 Å². The maximum Gasteiger partial charge on any atom is 0.158 e. The molecule has 1 unspecified atom stereocenters. The molecule has 4 aromatic rings. The molecule has 7 heteroatoms. The zero-order chi connectivity index (χ0) is 22.3. The molecule has 2 N–H and O–H groups in total. The van der Waals surface area contributed by atoms with Gasteiger partial charge >= 0.3 is 0 Å². The molecule has 0 amide bonds. The number of aromatic nitrogens is 5. The van der Waals surface area contributed by atoms with Crippen LogP contribution in [-0.2, 0) is 0 Å². The number of fused-ring (bicyclic) bond motifs is 1. The molecule has 162 valence electrons. The number of hydrogen-bond donors (Lipinski definition) is 2. The van der Waals surface area contributed by atoms with Crippen molar-refractivity contribution in [2.75, 3.05) is 0 Å². The van der Waals surface area contributed by atoms with E-state index < -0.39 is 0 Å². The Morgan fingerprint density at radius 2 is 1.84 bits per heavy atom. The zero-order valence-electron chi connectivity index (χ0n) is 18.9. The molecule has 0 spiro atoms. The van der Waals surface area contributed by atoms with Gasteiger partial charge in [0.05, 0.1) is 11.4 Å². The quantitative estimate of drug-likeness (QED) is 0.437. The lowest BCUT2D eigenvalue weighted by molar-refractivity contribution is 0.483. The summed E-state index contributed by atoms with van der Waals surface area (Å²) in [6, 6.07) is 7.53. The monoisotopic (exact) mass is 420 g/mol. The van der Waals surface area contributed by atoms with Gasteiger partial charge < -0.3 is 5.32 Å². The van der Waals surface area contributed by atoms with Crippen molar-refractivity contribution in [2.45, 2.75) is 59.5 Å². The second-order valence-electron chi connectivity index (χ2n) is 8.73. The Kier molecular flexibility index (Phi) is 5.62. The fourth-order valence-corrected chi connectivity index (χ4v) is 4.20. The van der Waals surface area contributed by atoms with Crippen molar-refractivity contribution in [1.29, 1.82) is 0 Å². The largest absolute Gasteiger partial charge is 0.308 e. The number of aromatic amines is 1. The zero-order valence-corrected chi connectivity index (χ0v) is 18.9. The lowest BCUT2D eigenvalue weighted by atomic mass is 9.92. The number of hydrogen-bond acceptors (Lipinski definition) is 4. The molecule has 4 rings (SSSR count). The number of halogens is 1. The van der Waals surface area contributed by atoms with Gasteiger partial charge in [-0.25, -0.2) is 13.9 Å². The first-order chi connectivity index (χ1) is 14.8. The minimum atomic E-state index is -0.206. The molecule has 6 nitrogen and oxygen atoms in total. The van der Waals surface area contributed by atoms with E-state index in [0.717, 1.165) is 39.3 Å². The summed E-state index contributed by atoms with van der Waals surface area (Å²) < 4.78 is 16.4. The molecule has 0 fully saturated rings. The standard InChI is InChI=1S/C24H29FN6/c1-13(2)21-22(17-7-8-20(25)19(10-17)16(6)28-14(3)4)29-30-23(21)18-9-15(5)24-26-12-27-31(24)11-18/h7-14,16,28H,1-6H3,(H,29,30). The molecule has 0 saturated heterocycles. The highest BCUT2D eigenvalue weighted by atomic mass is 19.1. The van der Waals surface area contributed by atoms with Crippen LogP contribution in [0.5, 0.6) is 0 Å². The van der Waals surface area contributed by atoms with Crippen LogP contribution in [0.4, 0.5) is 4.39 Å². The third kappa shape index (κ3) is 3.97. The van der Waals surface area contributed by atoms with Crippen LogP contribution in [0, 0.1) is 12.7 Å². The van der Waals surface area contributed by atoms with Crippen molar-refractivity contribution >= 4 is 5.65 Å². The van der Waals surface area contributed by atoms with Gasteiger partial charge in [0.2, 0.25) is 0 Å². The SMILES string of the molecule is Cc1cc(-c2n[nH]c(-c3ccc(F)c(C(C)NC(C)C)c3)c2C(C)C)cn2ncnc12. The lowest BCUT2D eigenvalue weighted by Crippen LogP contribution is -2.26. The Morgan fingerprint density at radius 3 is 2.55 bits per heavy atom. The number of nitrogens with one attached hydrogen (secondary N) is 2. The van der Waals surface area contributed by atoms with Crippen molar-refractivity contribution in [3.63, 3.8) is 0 Å². The Balaban J connectivity index is 1.83. The average molecular weight is 421 g/mol. The minimum Gasteiger partial charge on any atom is -0.308 e. The van der Waals surface area contributed by atoms with Crippen LogP contribution < -0.4 is 5.32 Å². The Hall–Kier alpha value is -3.06. The van der Waals surface area contributed by atoms with Gasteiger partial charge in [-0.2, -0.15) is 10.2 Å². The van der Waals surface area contributed by atoms with E-state index >= 15 is 0 Å². The molecule has 3 aromatic heterocycles. The molecule has 1 aromatic carbocycles. The van der Waals surface area contributed by atoms with Gasteiger partial charge in [0.1, 0.15) is 12.1 Å².